The van der Waals surface area contributed by atoms with E-state index in [2.05, 4.69) is 4.98 Å². The fourth-order valence-corrected chi connectivity index (χ4v) is 3.17. The second kappa shape index (κ2) is 4.93. The molecule has 1 aliphatic rings. The Morgan fingerprint density at radius 1 is 1.33 bits per heavy atom. The zero-order valence-electron chi connectivity index (χ0n) is 11.8. The lowest BCUT2D eigenvalue weighted by molar-refractivity contribution is -0.785. The Hall–Kier alpha value is -2.27. The summed E-state index contributed by atoms with van der Waals surface area (Å²) in [4.78, 5) is 28.8. The molecule has 0 aliphatic carbocycles. The van der Waals surface area contributed by atoms with Crippen molar-refractivity contribution in [3.8, 4) is 0 Å². The molecule has 0 radical (unpaired) electrons. The summed E-state index contributed by atoms with van der Waals surface area (Å²) in [6, 6.07) is 9.02. The van der Waals surface area contributed by atoms with Gasteiger partial charge in [0.2, 0.25) is 0 Å². The number of likely N-dealkylation sites (tertiary alicyclic amines) is 1. The summed E-state index contributed by atoms with van der Waals surface area (Å²) in [5.74, 6) is -0.370. The fourth-order valence-electron chi connectivity index (χ4n) is 3.17. The number of carboxylic acid groups (broad SMARTS) is 1. The number of para-hydroxylation sites is 1. The molecule has 1 aliphatic heterocycles. The van der Waals surface area contributed by atoms with Crippen molar-refractivity contribution in [2.75, 3.05) is 6.54 Å². The monoisotopic (exact) mass is 285 g/mol. The number of amides is 2. The Kier molecular flexibility index (Phi) is 3.22. The van der Waals surface area contributed by atoms with Gasteiger partial charge in [0.05, 0.1) is 17.6 Å². The molecule has 2 aromatic rings. The molecular formula is C16H17N2O3+. The van der Waals surface area contributed by atoms with Crippen LogP contribution in [0.4, 0.5) is 4.79 Å². The summed E-state index contributed by atoms with van der Waals surface area (Å²) < 4.78 is -0.514. The molecule has 1 saturated heterocycles. The highest BCUT2D eigenvalue weighted by molar-refractivity contribution is 5.97. The first-order valence-electron chi connectivity index (χ1n) is 7.06. The van der Waals surface area contributed by atoms with Crippen molar-refractivity contribution in [3.63, 3.8) is 0 Å². The zero-order valence-corrected chi connectivity index (χ0v) is 11.8. The van der Waals surface area contributed by atoms with E-state index in [-0.39, 0.29) is 11.9 Å². The van der Waals surface area contributed by atoms with Gasteiger partial charge < -0.3 is 5.11 Å². The van der Waals surface area contributed by atoms with Gasteiger partial charge in [-0.25, -0.2) is 4.79 Å². The molecule has 0 bridgehead atoms. The van der Waals surface area contributed by atoms with Crippen LogP contribution in [0.15, 0.2) is 36.5 Å². The molecule has 5 nitrogen and oxygen atoms in total. The number of fused-ring (bicyclic) bond motifs is 1. The normalized spacial score (nSPS) is 25.1. The van der Waals surface area contributed by atoms with Crippen LogP contribution in [0.3, 0.4) is 0 Å². The molecule has 5 heteroatoms. The maximum Gasteiger partial charge on any atom is 0.521 e. The van der Waals surface area contributed by atoms with Crippen LogP contribution < -0.4 is 0 Å². The number of quaternary nitrogens is 1. The van der Waals surface area contributed by atoms with E-state index in [1.54, 1.807) is 6.07 Å². The molecule has 1 aromatic carbocycles. The molecule has 0 saturated carbocycles. The smallest absolute Gasteiger partial charge is 0.435 e. The van der Waals surface area contributed by atoms with Crippen LogP contribution >= 0.6 is 0 Å². The number of carbonyl (C=O) groups excluding carboxylic acids is 1. The van der Waals surface area contributed by atoms with E-state index in [4.69, 9.17) is 0 Å². The molecule has 1 aromatic heterocycles. The van der Waals surface area contributed by atoms with Gasteiger partial charge >= 0.3 is 12.0 Å². The molecule has 108 valence electrons. The Morgan fingerprint density at radius 2 is 2.10 bits per heavy atom. The van der Waals surface area contributed by atoms with Crippen LogP contribution in [0.1, 0.15) is 30.1 Å². The van der Waals surface area contributed by atoms with Gasteiger partial charge in [0.1, 0.15) is 6.04 Å². The number of hydrogen-bond donors (Lipinski definition) is 1. The first kappa shape index (κ1) is 13.7. The van der Waals surface area contributed by atoms with Crippen LogP contribution in [-0.2, 0) is 0 Å². The second-order valence-electron chi connectivity index (χ2n) is 5.59. The van der Waals surface area contributed by atoms with Gasteiger partial charge in [0, 0.05) is 24.4 Å². The molecule has 0 spiro atoms. The first-order chi connectivity index (χ1) is 10.1. The molecule has 2 amide bonds. The number of imide groups is 1. The average Bonchev–Trinajstić information content (AvgIpc) is 2.88. The highest BCUT2D eigenvalue weighted by atomic mass is 16.4. The molecule has 21 heavy (non-hydrogen) atoms. The lowest BCUT2D eigenvalue weighted by Crippen LogP contribution is -2.58. The van der Waals surface area contributed by atoms with Crippen molar-refractivity contribution in [2.24, 2.45) is 0 Å². The summed E-state index contributed by atoms with van der Waals surface area (Å²) in [5, 5.41) is 10.5. The van der Waals surface area contributed by atoms with Gasteiger partial charge in [-0.15, -0.1) is 0 Å². The van der Waals surface area contributed by atoms with Gasteiger partial charge in [-0.3, -0.25) is 4.98 Å². The van der Waals surface area contributed by atoms with Gasteiger partial charge in [-0.1, -0.05) is 18.2 Å². The van der Waals surface area contributed by atoms with E-state index in [1.165, 1.54) is 6.20 Å². The lowest BCUT2D eigenvalue weighted by atomic mass is 10.1. The average molecular weight is 285 g/mol. The maximum atomic E-state index is 12.8. The lowest BCUT2D eigenvalue weighted by Gasteiger charge is -2.29. The number of nitrogens with zero attached hydrogens (tertiary/aromatic N) is 2. The number of carbonyl (C=O) groups is 2. The molecule has 2 atom stereocenters. The maximum absolute atomic E-state index is 12.8. The minimum absolute atomic E-state index is 0.207. The second-order valence-corrected chi connectivity index (χ2v) is 5.59. The number of pyridine rings is 1. The minimum Gasteiger partial charge on any atom is -0.435 e. The van der Waals surface area contributed by atoms with E-state index in [0.29, 0.717) is 12.1 Å². The number of rotatable bonds is 1. The van der Waals surface area contributed by atoms with Gasteiger partial charge in [-0.05, 0) is 19.1 Å². The van der Waals surface area contributed by atoms with Crippen molar-refractivity contribution in [2.45, 2.75) is 25.8 Å². The zero-order chi connectivity index (χ0) is 15.0. The van der Waals surface area contributed by atoms with Crippen LogP contribution in [-0.4, -0.2) is 39.2 Å². The Morgan fingerprint density at radius 3 is 2.76 bits per heavy atom. The number of benzene rings is 1. The molecular weight excluding hydrogens is 268 g/mol. The van der Waals surface area contributed by atoms with Crippen molar-refractivity contribution in [3.05, 3.63) is 42.1 Å². The SMILES string of the molecule is C[C@@H]1CCC[N+]1(C(=O)O)C(=O)c1cnc2ccccc2c1. The minimum atomic E-state index is -1.07. The quantitative estimate of drug-likeness (QED) is 0.818. The van der Waals surface area contributed by atoms with Gasteiger partial charge in [-0.2, -0.15) is 9.28 Å². The predicted octanol–water partition coefficient (Wildman–Crippen LogP) is 3.05. The topological polar surface area (TPSA) is 67.3 Å². The first-order valence-corrected chi connectivity index (χ1v) is 7.06. The molecule has 1 unspecified atom stereocenters. The van der Waals surface area contributed by atoms with E-state index < -0.39 is 10.6 Å². The highest BCUT2D eigenvalue weighted by Gasteiger charge is 2.53. The van der Waals surface area contributed by atoms with Crippen LogP contribution in [0.2, 0.25) is 0 Å². The third-order valence-corrected chi connectivity index (χ3v) is 4.43. The van der Waals surface area contributed by atoms with Crippen molar-refractivity contribution in [1.29, 1.82) is 0 Å². The largest absolute Gasteiger partial charge is 0.521 e. The summed E-state index contributed by atoms with van der Waals surface area (Å²) in [6.07, 6.45) is 1.91. The summed E-state index contributed by atoms with van der Waals surface area (Å²) in [7, 11) is 0. The Labute approximate surface area is 122 Å². The summed E-state index contributed by atoms with van der Waals surface area (Å²) in [6.45, 7) is 2.18. The Balaban J connectivity index is 2.08. The van der Waals surface area contributed by atoms with Crippen molar-refractivity contribution < 1.29 is 19.2 Å². The standard InChI is InChI=1S/C16H16N2O3/c1-11-5-4-8-18(11,16(20)21)15(19)13-9-12-6-2-3-7-14(12)17-10-13/h2-3,6-7,9-11H,4-5,8H2,1H3/p+1/t11-,18?/m1/s1. The van der Waals surface area contributed by atoms with E-state index in [0.717, 1.165) is 23.7 Å². The Bertz CT molecular complexity index is 728. The summed E-state index contributed by atoms with van der Waals surface area (Å²) in [5.41, 5.74) is 1.16. The van der Waals surface area contributed by atoms with Crippen LogP contribution in [0.25, 0.3) is 10.9 Å². The summed E-state index contributed by atoms with van der Waals surface area (Å²) >= 11 is 0. The van der Waals surface area contributed by atoms with E-state index >= 15 is 0 Å². The van der Waals surface area contributed by atoms with Crippen LogP contribution in [0.5, 0.6) is 0 Å². The molecule has 3 rings (SSSR count). The third-order valence-electron chi connectivity index (χ3n) is 4.43. The number of hydrogen-bond acceptors (Lipinski definition) is 3. The fraction of sp³-hybridized carbons (Fsp3) is 0.312. The van der Waals surface area contributed by atoms with E-state index in [9.17, 15) is 14.7 Å². The predicted molar refractivity (Wildman–Crippen MR) is 77.9 cm³/mol. The van der Waals surface area contributed by atoms with Gasteiger partial charge in [0.15, 0.2) is 0 Å². The van der Waals surface area contributed by atoms with Crippen molar-refractivity contribution >= 4 is 22.9 Å². The van der Waals surface area contributed by atoms with E-state index in [1.807, 2.05) is 31.2 Å². The molecule has 1 fully saturated rings. The molecule has 1 N–H and O–H groups in total. The highest BCUT2D eigenvalue weighted by Crippen LogP contribution is 2.30. The van der Waals surface area contributed by atoms with Crippen molar-refractivity contribution in [1.82, 2.24) is 4.98 Å². The van der Waals surface area contributed by atoms with Gasteiger partial charge in [0.25, 0.3) is 0 Å². The third kappa shape index (κ3) is 2.01. The van der Waals surface area contributed by atoms with Crippen LogP contribution in [0, 0.1) is 0 Å². The number of aromatic nitrogens is 1. The molecule has 2 heterocycles.